The maximum atomic E-state index is 11.8. The van der Waals surface area contributed by atoms with Crippen molar-refractivity contribution in [1.82, 2.24) is 0 Å². The molecule has 0 aromatic heterocycles. The first kappa shape index (κ1) is 10.7. The van der Waals surface area contributed by atoms with Crippen molar-refractivity contribution < 1.29 is 14.3 Å². The number of rotatable bonds is 0. The van der Waals surface area contributed by atoms with Crippen LogP contribution in [0.25, 0.3) is 0 Å². The zero-order valence-electron chi connectivity index (χ0n) is 10.0. The summed E-state index contributed by atoms with van der Waals surface area (Å²) in [7, 11) is 0. The summed E-state index contributed by atoms with van der Waals surface area (Å²) in [4.78, 5) is 23.5. The molecule has 2 unspecified atom stereocenters. The van der Waals surface area contributed by atoms with E-state index in [0.29, 0.717) is 0 Å². The van der Waals surface area contributed by atoms with Crippen LogP contribution in [-0.2, 0) is 14.3 Å². The Morgan fingerprint density at radius 2 is 1.73 bits per heavy atom. The molecule has 3 nitrogen and oxygen atoms in total. The van der Waals surface area contributed by atoms with Gasteiger partial charge in [0.15, 0.2) is 0 Å². The van der Waals surface area contributed by atoms with Gasteiger partial charge in [0.25, 0.3) is 0 Å². The van der Waals surface area contributed by atoms with Gasteiger partial charge in [0, 0.05) is 0 Å². The molecule has 0 amide bonds. The SMILES string of the molecule is CC(C)(C)C1C(=O)OC(=O)C12CC2(C)C. The van der Waals surface area contributed by atoms with Crippen LogP contribution in [0.4, 0.5) is 0 Å². The van der Waals surface area contributed by atoms with E-state index in [0.717, 1.165) is 6.42 Å². The van der Waals surface area contributed by atoms with Crippen molar-refractivity contribution in [2.24, 2.45) is 22.2 Å². The lowest BCUT2D eigenvalue weighted by molar-refractivity contribution is -0.154. The third kappa shape index (κ3) is 1.12. The van der Waals surface area contributed by atoms with Crippen molar-refractivity contribution >= 4 is 11.9 Å². The fourth-order valence-corrected chi connectivity index (χ4v) is 3.15. The molecule has 1 aliphatic heterocycles. The standard InChI is InChI=1S/C12H18O3/c1-10(2,3)7-8(13)15-9(14)12(7)6-11(12,4)5/h7H,6H2,1-5H3. The first-order valence-electron chi connectivity index (χ1n) is 5.39. The van der Waals surface area contributed by atoms with Crippen molar-refractivity contribution in [3.8, 4) is 0 Å². The Morgan fingerprint density at radius 3 is 2.00 bits per heavy atom. The molecule has 1 heterocycles. The van der Waals surface area contributed by atoms with Gasteiger partial charge in [-0.05, 0) is 17.3 Å². The summed E-state index contributed by atoms with van der Waals surface area (Å²) in [6.07, 6.45) is 0.770. The van der Waals surface area contributed by atoms with Crippen LogP contribution in [0.3, 0.4) is 0 Å². The summed E-state index contributed by atoms with van der Waals surface area (Å²) in [6.45, 7) is 10.0. The average molecular weight is 210 g/mol. The molecule has 2 rings (SSSR count). The van der Waals surface area contributed by atoms with Gasteiger partial charge >= 0.3 is 11.9 Å². The minimum Gasteiger partial charge on any atom is -0.392 e. The quantitative estimate of drug-likeness (QED) is 0.454. The lowest BCUT2D eigenvalue weighted by Gasteiger charge is -2.29. The summed E-state index contributed by atoms with van der Waals surface area (Å²) in [5.41, 5.74) is -0.840. The molecule has 2 atom stereocenters. The predicted molar refractivity (Wildman–Crippen MR) is 54.9 cm³/mol. The van der Waals surface area contributed by atoms with Gasteiger partial charge in [-0.3, -0.25) is 9.59 Å². The molecule has 0 radical (unpaired) electrons. The summed E-state index contributed by atoms with van der Waals surface area (Å²) in [6, 6.07) is 0. The Kier molecular flexibility index (Phi) is 1.74. The fourth-order valence-electron chi connectivity index (χ4n) is 3.15. The fraction of sp³-hybridized carbons (Fsp3) is 0.833. The lowest BCUT2D eigenvalue weighted by atomic mass is 9.70. The van der Waals surface area contributed by atoms with E-state index >= 15 is 0 Å². The molecule has 0 bridgehead atoms. The van der Waals surface area contributed by atoms with E-state index in [1.807, 2.05) is 34.6 Å². The monoisotopic (exact) mass is 210 g/mol. The Bertz CT molecular complexity index is 348. The van der Waals surface area contributed by atoms with Gasteiger partial charge in [-0.15, -0.1) is 0 Å². The van der Waals surface area contributed by atoms with Gasteiger partial charge in [0.1, 0.15) is 0 Å². The van der Waals surface area contributed by atoms with Crippen LogP contribution < -0.4 is 0 Å². The smallest absolute Gasteiger partial charge is 0.321 e. The minimum absolute atomic E-state index is 0.0891. The normalized spacial score (nSPS) is 38.3. The van der Waals surface area contributed by atoms with Crippen LogP contribution >= 0.6 is 0 Å². The Hall–Kier alpha value is -0.860. The van der Waals surface area contributed by atoms with Gasteiger partial charge in [0.2, 0.25) is 0 Å². The third-order valence-electron chi connectivity index (χ3n) is 3.96. The molecule has 0 aromatic rings. The third-order valence-corrected chi connectivity index (χ3v) is 3.96. The number of hydrogen-bond acceptors (Lipinski definition) is 3. The van der Waals surface area contributed by atoms with Crippen molar-refractivity contribution in [1.29, 1.82) is 0 Å². The molecule has 1 saturated heterocycles. The molecule has 0 N–H and O–H groups in total. The summed E-state index contributed by atoms with van der Waals surface area (Å²) < 4.78 is 4.84. The van der Waals surface area contributed by atoms with Gasteiger partial charge in [-0.25, -0.2) is 0 Å². The first-order valence-corrected chi connectivity index (χ1v) is 5.39. The van der Waals surface area contributed by atoms with Gasteiger partial charge in [-0.2, -0.15) is 0 Å². The molecule has 0 aromatic carbocycles. The molecule has 1 spiro atoms. The molecule has 1 saturated carbocycles. The highest BCUT2D eigenvalue weighted by atomic mass is 16.6. The Morgan fingerprint density at radius 1 is 1.27 bits per heavy atom. The molecular formula is C12H18O3. The predicted octanol–water partition coefficient (Wildman–Crippen LogP) is 2.15. The van der Waals surface area contributed by atoms with Crippen LogP contribution in [0.5, 0.6) is 0 Å². The molecule has 2 aliphatic rings. The average Bonchev–Trinajstić information content (AvgIpc) is 2.40. The zero-order valence-corrected chi connectivity index (χ0v) is 10.0. The van der Waals surface area contributed by atoms with E-state index in [-0.39, 0.29) is 28.7 Å². The van der Waals surface area contributed by atoms with Crippen LogP contribution in [0.2, 0.25) is 0 Å². The van der Waals surface area contributed by atoms with Crippen molar-refractivity contribution in [3.63, 3.8) is 0 Å². The van der Waals surface area contributed by atoms with Crippen LogP contribution in [0.1, 0.15) is 41.0 Å². The zero-order chi connectivity index (χ0) is 11.6. The van der Waals surface area contributed by atoms with E-state index in [2.05, 4.69) is 0 Å². The highest BCUT2D eigenvalue weighted by molar-refractivity contribution is 6.02. The highest BCUT2D eigenvalue weighted by Gasteiger charge is 2.78. The number of ether oxygens (including phenoxy) is 1. The second kappa shape index (κ2) is 2.45. The second-order valence-electron chi connectivity index (χ2n) is 6.54. The topological polar surface area (TPSA) is 43.4 Å². The van der Waals surface area contributed by atoms with Gasteiger partial charge in [-0.1, -0.05) is 34.6 Å². The maximum Gasteiger partial charge on any atom is 0.321 e. The van der Waals surface area contributed by atoms with E-state index in [1.165, 1.54) is 0 Å². The van der Waals surface area contributed by atoms with Crippen LogP contribution in [0, 0.1) is 22.2 Å². The van der Waals surface area contributed by atoms with Crippen molar-refractivity contribution in [2.45, 2.75) is 41.0 Å². The van der Waals surface area contributed by atoms with Gasteiger partial charge in [0.05, 0.1) is 11.3 Å². The second-order valence-corrected chi connectivity index (χ2v) is 6.54. The van der Waals surface area contributed by atoms with Crippen LogP contribution in [-0.4, -0.2) is 11.9 Å². The summed E-state index contributed by atoms with van der Waals surface area (Å²) in [5.74, 6) is -0.928. The van der Waals surface area contributed by atoms with E-state index < -0.39 is 5.41 Å². The first-order chi connectivity index (χ1) is 6.63. The number of carbonyl (C=O) groups is 2. The molecule has 1 aliphatic carbocycles. The maximum absolute atomic E-state index is 11.8. The molecule has 84 valence electrons. The van der Waals surface area contributed by atoms with Crippen LogP contribution in [0.15, 0.2) is 0 Å². The van der Waals surface area contributed by atoms with Crippen molar-refractivity contribution in [2.75, 3.05) is 0 Å². The Balaban J connectivity index is 2.46. The lowest BCUT2D eigenvalue weighted by Crippen LogP contribution is -2.34. The molecule has 15 heavy (non-hydrogen) atoms. The number of hydrogen-bond donors (Lipinski definition) is 0. The highest BCUT2D eigenvalue weighted by Crippen LogP contribution is 2.73. The van der Waals surface area contributed by atoms with Crippen molar-refractivity contribution in [3.05, 3.63) is 0 Å². The summed E-state index contributed by atoms with van der Waals surface area (Å²) >= 11 is 0. The van der Waals surface area contributed by atoms with E-state index in [4.69, 9.17) is 4.74 Å². The minimum atomic E-state index is -0.539. The number of esters is 2. The molecule has 3 heteroatoms. The molecule has 2 fully saturated rings. The largest absolute Gasteiger partial charge is 0.392 e. The molecular weight excluding hydrogens is 192 g/mol. The summed E-state index contributed by atoms with van der Waals surface area (Å²) in [5, 5.41) is 0. The van der Waals surface area contributed by atoms with Gasteiger partial charge < -0.3 is 4.74 Å². The number of carbonyl (C=O) groups excluding carboxylic acids is 2. The number of cyclic esters (lactones) is 2. The van der Waals surface area contributed by atoms with E-state index in [9.17, 15) is 9.59 Å². The Labute approximate surface area is 90.2 Å². The van der Waals surface area contributed by atoms with E-state index in [1.54, 1.807) is 0 Å².